The number of likely N-dealkylation sites (tertiary alicyclic amines) is 1. The lowest BCUT2D eigenvalue weighted by Gasteiger charge is -2.32. The minimum Gasteiger partial charge on any atom is -0.493 e. The Labute approximate surface area is 236 Å². The second-order valence-electron chi connectivity index (χ2n) is 11.9. The lowest BCUT2D eigenvalue weighted by molar-refractivity contribution is -0.137. The van der Waals surface area contributed by atoms with Crippen LogP contribution in [0, 0.1) is 11.7 Å². The van der Waals surface area contributed by atoms with E-state index in [1.54, 1.807) is 0 Å². The van der Waals surface area contributed by atoms with Gasteiger partial charge in [0, 0.05) is 24.2 Å². The van der Waals surface area contributed by atoms with Gasteiger partial charge in [0.2, 0.25) is 10.0 Å². The van der Waals surface area contributed by atoms with Crippen molar-refractivity contribution in [1.29, 1.82) is 0 Å². The number of nitrogens with zero attached hydrogens (tertiary/aromatic N) is 2. The fraction of sp³-hybridized carbons (Fsp3) is 0.586. The van der Waals surface area contributed by atoms with E-state index in [2.05, 4.69) is 9.88 Å². The smallest absolute Gasteiger partial charge is 0.416 e. The zero-order valence-corrected chi connectivity index (χ0v) is 23.4. The number of nitrogens with one attached hydrogen (secondary N) is 1. The van der Waals surface area contributed by atoms with Crippen LogP contribution < -0.4 is 9.46 Å². The maximum absolute atomic E-state index is 14.9. The van der Waals surface area contributed by atoms with Crippen LogP contribution in [0.2, 0.25) is 0 Å². The quantitative estimate of drug-likeness (QED) is 0.365. The number of hydrogen-bond donors (Lipinski definition) is 1. The van der Waals surface area contributed by atoms with Crippen LogP contribution in [0.3, 0.4) is 0 Å². The summed E-state index contributed by atoms with van der Waals surface area (Å²) in [6, 6.07) is 4.93. The third-order valence-electron chi connectivity index (χ3n) is 8.35. The minimum atomic E-state index is -4.40. The molecule has 4 fully saturated rings. The van der Waals surface area contributed by atoms with Crippen molar-refractivity contribution in [1.82, 2.24) is 14.6 Å². The Balaban J connectivity index is 1.06. The molecule has 0 spiro atoms. The number of pyridine rings is 1. The number of sulfonamides is 1. The normalized spacial score (nSPS) is 20.7. The van der Waals surface area contributed by atoms with Gasteiger partial charge >= 0.3 is 6.18 Å². The minimum absolute atomic E-state index is 0.128. The van der Waals surface area contributed by atoms with E-state index < -0.39 is 38.7 Å². The number of amides is 1. The van der Waals surface area contributed by atoms with Crippen molar-refractivity contribution < 1.29 is 35.5 Å². The van der Waals surface area contributed by atoms with Crippen molar-refractivity contribution >= 4 is 15.9 Å². The van der Waals surface area contributed by atoms with Gasteiger partial charge in [-0.1, -0.05) is 0 Å². The molecule has 1 amide bonds. The van der Waals surface area contributed by atoms with Gasteiger partial charge in [-0.25, -0.2) is 17.5 Å². The van der Waals surface area contributed by atoms with Gasteiger partial charge in [0.25, 0.3) is 5.91 Å². The molecule has 2 aromatic rings. The maximum Gasteiger partial charge on any atom is 0.416 e. The molecule has 1 aliphatic heterocycles. The summed E-state index contributed by atoms with van der Waals surface area (Å²) in [7, 11) is -3.80. The molecule has 0 atom stereocenters. The molecule has 12 heteroatoms. The number of hydrogen-bond acceptors (Lipinski definition) is 6. The first-order valence-corrected chi connectivity index (χ1v) is 15.8. The summed E-state index contributed by atoms with van der Waals surface area (Å²) < 4.78 is 87.6. The first-order chi connectivity index (χ1) is 19.5. The molecule has 3 saturated carbocycles. The van der Waals surface area contributed by atoms with Crippen LogP contribution in [0.1, 0.15) is 96.1 Å². The molecule has 4 aliphatic rings. The van der Waals surface area contributed by atoms with Crippen LogP contribution in [0.25, 0.3) is 0 Å². The molecule has 2 heterocycles. The number of alkyl halides is 3. The predicted molar refractivity (Wildman–Crippen MR) is 142 cm³/mol. The van der Waals surface area contributed by atoms with Gasteiger partial charge < -0.3 is 4.74 Å². The zero-order chi connectivity index (χ0) is 28.9. The topological polar surface area (TPSA) is 88.6 Å². The van der Waals surface area contributed by atoms with Crippen LogP contribution in [-0.4, -0.2) is 49.2 Å². The first-order valence-electron chi connectivity index (χ1n) is 14.3. The number of benzene rings is 1. The highest BCUT2D eigenvalue weighted by Gasteiger charge is 2.38. The molecule has 0 radical (unpaired) electrons. The van der Waals surface area contributed by atoms with Crippen molar-refractivity contribution in [2.45, 2.75) is 81.2 Å². The van der Waals surface area contributed by atoms with Gasteiger partial charge in [-0.15, -0.1) is 0 Å². The number of piperidine rings is 1. The number of carbonyl (C=O) groups excluding carboxylic acids is 1. The predicted octanol–water partition coefficient (Wildman–Crippen LogP) is 5.51. The number of halogens is 4. The Kier molecular flexibility index (Phi) is 7.50. The van der Waals surface area contributed by atoms with Crippen molar-refractivity contribution in [3.05, 3.63) is 58.2 Å². The molecular weight excluding hydrogens is 562 g/mol. The number of carbonyl (C=O) groups is 1. The Bertz CT molecular complexity index is 1430. The van der Waals surface area contributed by atoms with Crippen molar-refractivity contribution in [3.8, 4) is 5.75 Å². The molecule has 3 aliphatic carbocycles. The summed E-state index contributed by atoms with van der Waals surface area (Å²) in [5.41, 5.74) is 0.740. The maximum atomic E-state index is 14.9. The second-order valence-corrected chi connectivity index (χ2v) is 13.9. The van der Waals surface area contributed by atoms with E-state index in [1.165, 1.54) is 18.2 Å². The third kappa shape index (κ3) is 6.85. The van der Waals surface area contributed by atoms with E-state index in [9.17, 15) is 30.8 Å². The Morgan fingerprint density at radius 3 is 2.27 bits per heavy atom. The van der Waals surface area contributed by atoms with Crippen LogP contribution in [0.15, 0.2) is 24.3 Å². The highest BCUT2D eigenvalue weighted by molar-refractivity contribution is 7.91. The van der Waals surface area contributed by atoms with Gasteiger partial charge in [-0.3, -0.25) is 14.7 Å². The summed E-state index contributed by atoms with van der Waals surface area (Å²) in [5.74, 6) is -0.973. The standard InChI is InChI=1S/C29H33F4N3O4S/c30-25-14-27(23(18-1-2-18)13-24(25)28(37)35-41(38,39)22-5-6-22)40-16-17-7-9-36(10-8-17)15-21-11-20(29(31,32)33)12-26(34-21)19-3-4-19/h11-14,17-19,22H,1-10,15-16H2,(H,35,37). The molecule has 222 valence electrons. The van der Waals surface area contributed by atoms with Crippen LogP contribution in [0.4, 0.5) is 17.6 Å². The average molecular weight is 596 g/mol. The van der Waals surface area contributed by atoms with Crippen LogP contribution in [0.5, 0.6) is 5.75 Å². The lowest BCUT2D eigenvalue weighted by Crippen LogP contribution is -2.35. The van der Waals surface area contributed by atoms with E-state index in [1.807, 2.05) is 4.72 Å². The molecule has 1 aromatic heterocycles. The largest absolute Gasteiger partial charge is 0.493 e. The van der Waals surface area contributed by atoms with Gasteiger partial charge in [-0.2, -0.15) is 13.2 Å². The third-order valence-corrected chi connectivity index (χ3v) is 10.2. The molecule has 41 heavy (non-hydrogen) atoms. The van der Waals surface area contributed by atoms with Crippen molar-refractivity contribution in [3.63, 3.8) is 0 Å². The number of aromatic nitrogens is 1. The lowest BCUT2D eigenvalue weighted by atomic mass is 9.97. The fourth-order valence-corrected chi connectivity index (χ4v) is 6.71. The van der Waals surface area contributed by atoms with Gasteiger partial charge in [0.1, 0.15) is 11.6 Å². The van der Waals surface area contributed by atoms with E-state index in [-0.39, 0.29) is 23.3 Å². The van der Waals surface area contributed by atoms with Crippen LogP contribution in [-0.2, 0) is 22.7 Å². The molecule has 7 nitrogen and oxygen atoms in total. The summed E-state index contributed by atoms with van der Waals surface area (Å²) in [5, 5.41) is -0.590. The summed E-state index contributed by atoms with van der Waals surface area (Å²) in [6.07, 6.45) is 1.65. The van der Waals surface area contributed by atoms with Crippen LogP contribution >= 0.6 is 0 Å². The van der Waals surface area contributed by atoms with E-state index in [0.717, 1.165) is 44.6 Å². The summed E-state index contributed by atoms with van der Waals surface area (Å²) in [4.78, 5) is 19.2. The number of rotatable bonds is 10. The Morgan fingerprint density at radius 2 is 1.66 bits per heavy atom. The second kappa shape index (κ2) is 10.8. The Morgan fingerprint density at radius 1 is 0.976 bits per heavy atom. The monoisotopic (exact) mass is 595 g/mol. The zero-order valence-electron chi connectivity index (χ0n) is 22.6. The Hall–Kier alpha value is -2.73. The molecular formula is C29H33F4N3O4S. The van der Waals surface area contributed by atoms with E-state index in [0.29, 0.717) is 61.8 Å². The molecule has 6 rings (SSSR count). The molecule has 1 saturated heterocycles. The van der Waals surface area contributed by atoms with Gasteiger partial charge in [0.05, 0.1) is 28.7 Å². The SMILES string of the molecule is O=C(NS(=O)(=O)C1CC1)c1cc(C2CC2)c(OCC2CCN(Cc3cc(C(F)(F)F)cc(C4CC4)n3)CC2)cc1F. The number of ether oxygens (including phenoxy) is 1. The first kappa shape index (κ1) is 28.4. The highest BCUT2D eigenvalue weighted by atomic mass is 32.2. The fourth-order valence-electron chi connectivity index (χ4n) is 5.42. The highest BCUT2D eigenvalue weighted by Crippen LogP contribution is 2.45. The average Bonchev–Trinajstić information content (AvgIpc) is 3.77. The van der Waals surface area contributed by atoms with Gasteiger partial charge in [-0.05, 0) is 100 Å². The molecule has 1 N–H and O–H groups in total. The molecule has 0 bridgehead atoms. The summed E-state index contributed by atoms with van der Waals surface area (Å²) in [6.45, 7) is 2.07. The van der Waals surface area contributed by atoms with Crippen molar-refractivity contribution in [2.75, 3.05) is 19.7 Å². The van der Waals surface area contributed by atoms with Crippen molar-refractivity contribution in [2.24, 2.45) is 5.92 Å². The van der Waals surface area contributed by atoms with E-state index >= 15 is 0 Å². The van der Waals surface area contributed by atoms with Gasteiger partial charge in [0.15, 0.2) is 0 Å². The van der Waals surface area contributed by atoms with E-state index in [4.69, 9.17) is 4.74 Å². The summed E-state index contributed by atoms with van der Waals surface area (Å²) >= 11 is 0. The molecule has 0 unspecified atom stereocenters. The molecule has 1 aromatic carbocycles.